The smallest absolute Gasteiger partial charge is 0.379 e. The van der Waals surface area contributed by atoms with Crippen LogP contribution < -0.4 is 4.74 Å². The predicted octanol–water partition coefficient (Wildman–Crippen LogP) is 3.83. The molecule has 2 aromatic rings. The first-order valence-electron chi connectivity index (χ1n) is 6.24. The van der Waals surface area contributed by atoms with E-state index in [0.29, 0.717) is 10.2 Å². The van der Waals surface area contributed by atoms with Crippen molar-refractivity contribution in [1.29, 1.82) is 0 Å². The quantitative estimate of drug-likeness (QED) is 0.617. The van der Waals surface area contributed by atoms with Gasteiger partial charge in [-0.05, 0) is 60.1 Å². The minimum Gasteiger partial charge on any atom is -0.459 e. The summed E-state index contributed by atoms with van der Waals surface area (Å²) < 4.78 is 15.8. The molecule has 0 N–H and O–H groups in total. The second kappa shape index (κ2) is 6.58. The molecule has 0 atom stereocenters. The molecule has 0 radical (unpaired) electrons. The van der Waals surface area contributed by atoms with Crippen molar-refractivity contribution in [3.63, 3.8) is 0 Å². The number of carbonyl (C=O) groups is 2. The van der Waals surface area contributed by atoms with Gasteiger partial charge in [0, 0.05) is 0 Å². The maximum atomic E-state index is 11.8. The number of halogens is 1. The summed E-state index contributed by atoms with van der Waals surface area (Å²) in [5, 5.41) is 0. The Labute approximate surface area is 130 Å². The van der Waals surface area contributed by atoms with Crippen LogP contribution in [0, 0.1) is 0 Å². The Bertz CT molecular complexity index is 660. The summed E-state index contributed by atoms with van der Waals surface area (Å²) in [6, 6.07) is 9.29. The van der Waals surface area contributed by atoms with Crippen LogP contribution in [0.2, 0.25) is 0 Å². The fourth-order valence-electron chi connectivity index (χ4n) is 1.55. The molecule has 0 bridgehead atoms. The van der Waals surface area contributed by atoms with Gasteiger partial charge in [-0.15, -0.1) is 0 Å². The maximum Gasteiger partial charge on any atom is 0.379 e. The minimum absolute atomic E-state index is 0.0667. The molecule has 0 aliphatic heterocycles. The van der Waals surface area contributed by atoms with Gasteiger partial charge < -0.3 is 13.9 Å². The molecule has 0 fully saturated rings. The van der Waals surface area contributed by atoms with E-state index in [2.05, 4.69) is 15.9 Å². The molecular weight excluding hydrogens is 340 g/mol. The third-order valence-corrected chi connectivity index (χ3v) is 2.82. The van der Waals surface area contributed by atoms with E-state index < -0.39 is 11.9 Å². The van der Waals surface area contributed by atoms with Crippen molar-refractivity contribution in [1.82, 2.24) is 0 Å². The second-order valence-corrected chi connectivity index (χ2v) is 5.26. The fraction of sp³-hybridized carbons (Fsp3) is 0.200. The molecule has 110 valence electrons. The number of ether oxygens (including phenoxy) is 2. The zero-order valence-electron chi connectivity index (χ0n) is 11.5. The Morgan fingerprint density at radius 2 is 1.90 bits per heavy atom. The van der Waals surface area contributed by atoms with Gasteiger partial charge in [-0.1, -0.05) is 6.07 Å². The standard InChI is InChI=1S/C15H13BrO5/c1-9(2)19-14(17)10-4-3-5-11(8-10)20-15(18)12-6-7-13(16)21-12/h3-9H,1-2H3. The summed E-state index contributed by atoms with van der Waals surface area (Å²) >= 11 is 3.10. The molecule has 0 spiro atoms. The van der Waals surface area contributed by atoms with Crippen molar-refractivity contribution >= 4 is 27.9 Å². The Kier molecular flexibility index (Phi) is 4.80. The molecule has 21 heavy (non-hydrogen) atoms. The van der Waals surface area contributed by atoms with Crippen molar-refractivity contribution in [2.45, 2.75) is 20.0 Å². The van der Waals surface area contributed by atoms with Gasteiger partial charge in [-0.25, -0.2) is 9.59 Å². The number of furan rings is 1. The zero-order chi connectivity index (χ0) is 15.4. The third kappa shape index (κ3) is 4.19. The van der Waals surface area contributed by atoms with Crippen LogP contribution in [0.5, 0.6) is 5.75 Å². The van der Waals surface area contributed by atoms with E-state index in [0.717, 1.165) is 0 Å². The summed E-state index contributed by atoms with van der Waals surface area (Å²) in [5.74, 6) is -0.804. The summed E-state index contributed by atoms with van der Waals surface area (Å²) in [6.45, 7) is 3.52. The first-order valence-corrected chi connectivity index (χ1v) is 7.03. The summed E-state index contributed by atoms with van der Waals surface area (Å²) in [7, 11) is 0. The van der Waals surface area contributed by atoms with Crippen LogP contribution in [0.3, 0.4) is 0 Å². The highest BCUT2D eigenvalue weighted by Crippen LogP contribution is 2.19. The SMILES string of the molecule is CC(C)OC(=O)c1cccc(OC(=O)c2ccc(Br)o2)c1. The fourth-order valence-corrected chi connectivity index (χ4v) is 1.86. The summed E-state index contributed by atoms with van der Waals surface area (Å²) in [6.07, 6.45) is -0.218. The average molecular weight is 353 g/mol. The summed E-state index contributed by atoms with van der Waals surface area (Å²) in [5.41, 5.74) is 0.314. The van der Waals surface area contributed by atoms with E-state index in [1.165, 1.54) is 12.1 Å². The van der Waals surface area contributed by atoms with Crippen LogP contribution in [-0.4, -0.2) is 18.0 Å². The first kappa shape index (κ1) is 15.3. The number of hydrogen-bond acceptors (Lipinski definition) is 5. The highest BCUT2D eigenvalue weighted by Gasteiger charge is 2.15. The van der Waals surface area contributed by atoms with Gasteiger partial charge in [0.15, 0.2) is 4.67 Å². The molecule has 1 heterocycles. The van der Waals surface area contributed by atoms with Crippen LogP contribution in [0.15, 0.2) is 45.5 Å². The Morgan fingerprint density at radius 1 is 1.14 bits per heavy atom. The van der Waals surface area contributed by atoms with Crippen LogP contribution in [0.1, 0.15) is 34.8 Å². The van der Waals surface area contributed by atoms with Gasteiger partial charge in [0.05, 0.1) is 11.7 Å². The van der Waals surface area contributed by atoms with Gasteiger partial charge in [-0.3, -0.25) is 0 Å². The lowest BCUT2D eigenvalue weighted by molar-refractivity contribution is 0.0376. The number of benzene rings is 1. The monoisotopic (exact) mass is 352 g/mol. The number of esters is 2. The van der Waals surface area contributed by atoms with Crippen molar-refractivity contribution < 1.29 is 23.5 Å². The lowest BCUT2D eigenvalue weighted by atomic mass is 10.2. The Morgan fingerprint density at radius 3 is 2.52 bits per heavy atom. The summed E-state index contributed by atoms with van der Waals surface area (Å²) in [4.78, 5) is 23.6. The average Bonchev–Trinajstić information content (AvgIpc) is 2.85. The topological polar surface area (TPSA) is 65.7 Å². The van der Waals surface area contributed by atoms with E-state index in [9.17, 15) is 9.59 Å². The molecule has 2 rings (SSSR count). The number of carbonyl (C=O) groups excluding carboxylic acids is 2. The highest BCUT2D eigenvalue weighted by atomic mass is 79.9. The normalized spacial score (nSPS) is 10.5. The molecule has 0 saturated heterocycles. The zero-order valence-corrected chi connectivity index (χ0v) is 13.0. The molecule has 0 saturated carbocycles. The van der Waals surface area contributed by atoms with E-state index in [4.69, 9.17) is 13.9 Å². The van der Waals surface area contributed by atoms with E-state index in [1.54, 1.807) is 38.1 Å². The van der Waals surface area contributed by atoms with Gasteiger partial charge in [0.25, 0.3) is 0 Å². The second-order valence-electron chi connectivity index (χ2n) is 4.48. The minimum atomic E-state index is -0.643. The van der Waals surface area contributed by atoms with E-state index >= 15 is 0 Å². The van der Waals surface area contributed by atoms with Crippen molar-refractivity contribution in [3.8, 4) is 5.75 Å². The molecular formula is C15H13BrO5. The van der Waals surface area contributed by atoms with Crippen LogP contribution in [0.25, 0.3) is 0 Å². The molecule has 0 aliphatic carbocycles. The largest absolute Gasteiger partial charge is 0.459 e. The van der Waals surface area contributed by atoms with E-state index in [-0.39, 0.29) is 17.6 Å². The molecule has 1 aromatic carbocycles. The molecule has 0 aliphatic rings. The molecule has 5 nitrogen and oxygen atoms in total. The lowest BCUT2D eigenvalue weighted by Crippen LogP contribution is -2.12. The molecule has 1 aromatic heterocycles. The highest BCUT2D eigenvalue weighted by molar-refractivity contribution is 9.10. The predicted molar refractivity (Wildman–Crippen MR) is 78.4 cm³/mol. The first-order chi connectivity index (χ1) is 9.95. The Balaban J connectivity index is 2.11. The maximum absolute atomic E-state index is 11.8. The van der Waals surface area contributed by atoms with Crippen LogP contribution >= 0.6 is 15.9 Å². The molecule has 6 heteroatoms. The van der Waals surface area contributed by atoms with E-state index in [1.807, 2.05) is 0 Å². The lowest BCUT2D eigenvalue weighted by Gasteiger charge is -2.08. The number of rotatable bonds is 4. The van der Waals surface area contributed by atoms with Crippen molar-refractivity contribution in [3.05, 3.63) is 52.4 Å². The Hall–Kier alpha value is -2.08. The van der Waals surface area contributed by atoms with Gasteiger partial charge in [0.2, 0.25) is 5.76 Å². The van der Waals surface area contributed by atoms with Crippen molar-refractivity contribution in [2.24, 2.45) is 0 Å². The molecule has 0 amide bonds. The van der Waals surface area contributed by atoms with Crippen LogP contribution in [-0.2, 0) is 4.74 Å². The van der Waals surface area contributed by atoms with Gasteiger partial charge >= 0.3 is 11.9 Å². The molecule has 0 unspecified atom stereocenters. The third-order valence-electron chi connectivity index (χ3n) is 2.40. The van der Waals surface area contributed by atoms with Crippen molar-refractivity contribution in [2.75, 3.05) is 0 Å². The van der Waals surface area contributed by atoms with Crippen LogP contribution in [0.4, 0.5) is 0 Å². The number of hydrogen-bond donors (Lipinski definition) is 0. The van der Waals surface area contributed by atoms with Gasteiger partial charge in [0.1, 0.15) is 5.75 Å². The van der Waals surface area contributed by atoms with Gasteiger partial charge in [-0.2, -0.15) is 0 Å².